The van der Waals surface area contributed by atoms with Gasteiger partial charge in [-0.2, -0.15) is 0 Å². The lowest BCUT2D eigenvalue weighted by molar-refractivity contribution is -0.150. The summed E-state index contributed by atoms with van der Waals surface area (Å²) in [7, 11) is -3.53. The van der Waals surface area contributed by atoms with Crippen molar-refractivity contribution in [2.75, 3.05) is 42.6 Å². The Balaban J connectivity index is 1.40. The van der Waals surface area contributed by atoms with E-state index in [1.807, 2.05) is 85.8 Å². The summed E-state index contributed by atoms with van der Waals surface area (Å²) < 4.78 is 23.3. The smallest absolute Gasteiger partial charge is 0.264 e. The van der Waals surface area contributed by atoms with Crippen LogP contribution in [0.4, 0.5) is 15.5 Å². The molecule has 3 aliphatic heterocycles. The highest BCUT2D eigenvalue weighted by molar-refractivity contribution is 6.72. The van der Waals surface area contributed by atoms with Crippen molar-refractivity contribution in [1.29, 1.82) is 0 Å². The SMILES string of the molecule is C[C@H]1[C@H]([Si](C)(C)F)[C@@H](CC(=O)N(CCO)Cc2ccccc2)O[C@]12C(=O)N(Cc1ccccc1)c1ccc(N3CCNCC3=O)cc12. The van der Waals surface area contributed by atoms with E-state index in [9.17, 15) is 19.5 Å². The van der Waals surface area contributed by atoms with Crippen molar-refractivity contribution in [2.45, 2.75) is 56.8 Å². The van der Waals surface area contributed by atoms with Gasteiger partial charge in [-0.05, 0) is 42.4 Å². The lowest BCUT2D eigenvalue weighted by Crippen LogP contribution is -2.48. The van der Waals surface area contributed by atoms with E-state index in [1.165, 1.54) is 0 Å². The largest absolute Gasteiger partial charge is 0.395 e. The predicted molar refractivity (Wildman–Crippen MR) is 181 cm³/mol. The fourth-order valence-corrected chi connectivity index (χ4v) is 10.2. The Morgan fingerprint density at radius 2 is 1.74 bits per heavy atom. The van der Waals surface area contributed by atoms with Gasteiger partial charge < -0.3 is 34.0 Å². The molecule has 0 unspecified atom stereocenters. The molecule has 2 saturated heterocycles. The molecule has 3 aromatic rings. The second-order valence-corrected chi connectivity index (χ2v) is 17.1. The van der Waals surface area contributed by atoms with Crippen LogP contribution in [0.1, 0.15) is 30.0 Å². The second kappa shape index (κ2) is 13.3. The first-order chi connectivity index (χ1) is 22.5. The van der Waals surface area contributed by atoms with Crippen LogP contribution in [-0.2, 0) is 37.8 Å². The molecule has 11 heteroatoms. The first kappa shape index (κ1) is 33.0. The van der Waals surface area contributed by atoms with Crippen LogP contribution in [-0.4, -0.2) is 75.0 Å². The number of piperazine rings is 1. The number of halogens is 1. The molecule has 1 spiro atoms. The monoisotopic (exact) mass is 658 g/mol. The fourth-order valence-electron chi connectivity index (χ4n) is 7.72. The van der Waals surface area contributed by atoms with Gasteiger partial charge in [0.2, 0.25) is 20.2 Å². The van der Waals surface area contributed by atoms with Crippen molar-refractivity contribution in [2.24, 2.45) is 5.92 Å². The van der Waals surface area contributed by atoms with Gasteiger partial charge >= 0.3 is 0 Å². The molecule has 4 atom stereocenters. The molecule has 3 aromatic carbocycles. The molecular weight excluding hydrogens is 616 g/mol. The van der Waals surface area contributed by atoms with Gasteiger partial charge in [-0.3, -0.25) is 14.4 Å². The average molecular weight is 659 g/mol. The van der Waals surface area contributed by atoms with Crippen molar-refractivity contribution in [3.05, 3.63) is 95.6 Å². The van der Waals surface area contributed by atoms with Gasteiger partial charge in [-0.25, -0.2) is 0 Å². The van der Waals surface area contributed by atoms with Gasteiger partial charge in [0, 0.05) is 48.9 Å². The summed E-state index contributed by atoms with van der Waals surface area (Å²) in [4.78, 5) is 46.6. The Morgan fingerprint density at radius 3 is 2.38 bits per heavy atom. The summed E-state index contributed by atoms with van der Waals surface area (Å²) in [5.41, 5.74) is 1.55. The van der Waals surface area contributed by atoms with E-state index in [1.54, 1.807) is 27.8 Å². The summed E-state index contributed by atoms with van der Waals surface area (Å²) in [6.45, 7) is 6.93. The molecule has 0 aliphatic carbocycles. The molecule has 2 N–H and O–H groups in total. The van der Waals surface area contributed by atoms with Gasteiger partial charge in [0.15, 0.2) is 5.60 Å². The highest BCUT2D eigenvalue weighted by Gasteiger charge is 2.67. The van der Waals surface area contributed by atoms with Gasteiger partial charge in [-0.1, -0.05) is 67.6 Å². The van der Waals surface area contributed by atoms with Gasteiger partial charge in [0.1, 0.15) is 0 Å². The quantitative estimate of drug-likeness (QED) is 0.248. The highest BCUT2D eigenvalue weighted by atomic mass is 28.4. The van der Waals surface area contributed by atoms with Crippen molar-refractivity contribution >= 4 is 37.5 Å². The van der Waals surface area contributed by atoms with Crippen LogP contribution in [0.25, 0.3) is 0 Å². The molecule has 3 aliphatic rings. The first-order valence-corrected chi connectivity index (χ1v) is 19.3. The summed E-state index contributed by atoms with van der Waals surface area (Å²) >= 11 is 0. The molecule has 0 aromatic heterocycles. The molecule has 2 fully saturated rings. The summed E-state index contributed by atoms with van der Waals surface area (Å²) in [6, 6.07) is 24.7. The van der Waals surface area contributed by atoms with Crippen LogP contribution in [0.2, 0.25) is 18.6 Å². The second-order valence-electron chi connectivity index (χ2n) is 13.3. The zero-order valence-corrected chi connectivity index (χ0v) is 28.2. The molecule has 3 amide bonds. The lowest BCUT2D eigenvalue weighted by Gasteiger charge is -2.32. The van der Waals surface area contributed by atoms with Crippen LogP contribution in [0.15, 0.2) is 78.9 Å². The van der Waals surface area contributed by atoms with E-state index in [0.717, 1.165) is 11.1 Å². The minimum absolute atomic E-state index is 0.0721. The van der Waals surface area contributed by atoms with E-state index < -0.39 is 31.6 Å². The summed E-state index contributed by atoms with van der Waals surface area (Å²) in [5.74, 6) is -1.22. The number of hydrogen-bond acceptors (Lipinski definition) is 6. The fraction of sp³-hybridized carbons (Fsp3) is 0.417. The number of carbonyl (C=O) groups is 3. The number of hydrogen-bond donors (Lipinski definition) is 2. The zero-order chi connectivity index (χ0) is 33.3. The van der Waals surface area contributed by atoms with Crippen molar-refractivity contribution in [1.82, 2.24) is 10.2 Å². The number of nitrogens with one attached hydrogen (secondary N) is 1. The Morgan fingerprint density at radius 1 is 1.06 bits per heavy atom. The number of aliphatic hydroxyl groups excluding tert-OH is 1. The first-order valence-electron chi connectivity index (χ1n) is 16.4. The molecule has 47 heavy (non-hydrogen) atoms. The molecular formula is C36H43FN4O5Si. The van der Waals surface area contributed by atoms with Crippen LogP contribution in [0.5, 0.6) is 0 Å². The third kappa shape index (κ3) is 6.25. The Bertz CT molecular complexity index is 1620. The van der Waals surface area contributed by atoms with Crippen molar-refractivity contribution < 1.29 is 28.3 Å². The van der Waals surface area contributed by atoms with Crippen LogP contribution >= 0.6 is 0 Å². The van der Waals surface area contributed by atoms with Crippen molar-refractivity contribution in [3.63, 3.8) is 0 Å². The molecule has 3 heterocycles. The summed E-state index contributed by atoms with van der Waals surface area (Å²) in [6.07, 6.45) is -0.986. The van der Waals surface area contributed by atoms with Gasteiger partial charge in [0.05, 0.1) is 37.9 Å². The number of amides is 3. The van der Waals surface area contributed by atoms with E-state index in [4.69, 9.17) is 4.74 Å². The number of anilines is 2. The van der Waals surface area contributed by atoms with E-state index in [2.05, 4.69) is 5.32 Å². The Hall–Kier alpha value is -3.90. The molecule has 0 radical (unpaired) electrons. The van der Waals surface area contributed by atoms with Gasteiger partial charge in [0.25, 0.3) is 5.91 Å². The van der Waals surface area contributed by atoms with E-state index in [-0.39, 0.29) is 43.8 Å². The van der Waals surface area contributed by atoms with E-state index in [0.29, 0.717) is 43.1 Å². The average Bonchev–Trinajstić information content (AvgIpc) is 3.48. The Kier molecular flexibility index (Phi) is 9.35. The lowest BCUT2D eigenvalue weighted by atomic mass is 9.82. The van der Waals surface area contributed by atoms with Crippen LogP contribution < -0.4 is 15.1 Å². The topological polar surface area (TPSA) is 102 Å². The van der Waals surface area contributed by atoms with Crippen LogP contribution in [0, 0.1) is 5.92 Å². The predicted octanol–water partition coefficient (Wildman–Crippen LogP) is 4.36. The number of fused-ring (bicyclic) bond motifs is 2. The Labute approximate surface area is 276 Å². The maximum Gasteiger partial charge on any atom is 0.264 e. The normalized spacial score (nSPS) is 24.2. The van der Waals surface area contributed by atoms with Crippen molar-refractivity contribution in [3.8, 4) is 0 Å². The number of aliphatic hydroxyl groups is 1. The standard InChI is InChI=1S/C36H43FN4O5Si/c1-25-34(47(2,3)37)31(21-32(43)39(18-19-42)23-26-10-6-4-7-11-26)46-36(25)29-20-28(40-17-16-38-22-33(40)44)14-15-30(29)41(35(36)45)24-27-12-8-5-9-13-27/h4-15,20,25,31,34,38,42H,16-19,21-24H2,1-3H3/t25-,31+,34-,36+/m0/s1. The number of benzene rings is 3. The molecule has 9 nitrogen and oxygen atoms in total. The summed E-state index contributed by atoms with van der Waals surface area (Å²) in [5, 5.41) is 12.9. The third-order valence-corrected chi connectivity index (χ3v) is 12.3. The number of nitrogens with zero attached hydrogens (tertiary/aromatic N) is 3. The van der Waals surface area contributed by atoms with Crippen LogP contribution in [0.3, 0.4) is 0 Å². The molecule has 0 saturated carbocycles. The minimum Gasteiger partial charge on any atom is -0.395 e. The maximum absolute atomic E-state index is 16.5. The van der Waals surface area contributed by atoms with E-state index >= 15 is 4.11 Å². The number of carbonyl (C=O) groups excluding carboxylic acids is 3. The highest BCUT2D eigenvalue weighted by Crippen LogP contribution is 2.60. The molecule has 248 valence electrons. The van der Waals surface area contributed by atoms with Gasteiger partial charge in [-0.15, -0.1) is 0 Å². The third-order valence-electron chi connectivity index (χ3n) is 9.84. The molecule has 0 bridgehead atoms. The number of rotatable bonds is 10. The zero-order valence-electron chi connectivity index (χ0n) is 27.2. The molecule has 6 rings (SSSR count). The number of ether oxygens (including phenoxy) is 1. The minimum atomic E-state index is -3.53. The maximum atomic E-state index is 16.5.